The molecular formula is C21H18N4O3. The zero-order valence-electron chi connectivity index (χ0n) is 15.5. The fourth-order valence-corrected chi connectivity index (χ4v) is 3.06. The Morgan fingerprint density at radius 2 is 2.04 bits per heavy atom. The van der Waals surface area contributed by atoms with Gasteiger partial charge in [-0.3, -0.25) is 14.6 Å². The minimum Gasteiger partial charge on any atom is -0.359 e. The van der Waals surface area contributed by atoms with Gasteiger partial charge in [-0.25, -0.2) is 0 Å². The molecule has 0 aliphatic rings. The van der Waals surface area contributed by atoms with Crippen molar-refractivity contribution in [3.63, 3.8) is 0 Å². The Balaban J connectivity index is 1.56. The van der Waals surface area contributed by atoms with Gasteiger partial charge in [-0.05, 0) is 31.2 Å². The highest BCUT2D eigenvalue weighted by molar-refractivity contribution is 5.97. The molecule has 0 saturated heterocycles. The van der Waals surface area contributed by atoms with E-state index in [4.69, 9.17) is 4.52 Å². The number of benzene rings is 1. The molecule has 0 fully saturated rings. The van der Waals surface area contributed by atoms with Crippen molar-refractivity contribution in [3.05, 3.63) is 82.0 Å². The Labute approximate surface area is 160 Å². The third kappa shape index (κ3) is 3.29. The summed E-state index contributed by atoms with van der Waals surface area (Å²) in [5, 5.41) is 7.21. The van der Waals surface area contributed by atoms with E-state index in [0.717, 1.165) is 11.1 Å². The molecule has 1 amide bonds. The molecule has 0 spiro atoms. The van der Waals surface area contributed by atoms with Crippen LogP contribution in [0.4, 0.5) is 0 Å². The maximum absolute atomic E-state index is 12.8. The summed E-state index contributed by atoms with van der Waals surface area (Å²) >= 11 is 0. The molecule has 4 rings (SSSR count). The van der Waals surface area contributed by atoms with Gasteiger partial charge in [-0.15, -0.1) is 0 Å². The Hall–Kier alpha value is -3.74. The average molecular weight is 374 g/mol. The molecule has 7 heteroatoms. The van der Waals surface area contributed by atoms with Gasteiger partial charge in [-0.1, -0.05) is 22.9 Å². The van der Waals surface area contributed by atoms with Crippen LogP contribution in [0.15, 0.2) is 64.2 Å². The van der Waals surface area contributed by atoms with Crippen LogP contribution in [0.25, 0.3) is 22.3 Å². The highest BCUT2D eigenvalue weighted by Gasteiger charge is 2.16. The highest BCUT2D eigenvalue weighted by Crippen LogP contribution is 2.16. The Kier molecular flexibility index (Phi) is 4.49. The van der Waals surface area contributed by atoms with Crippen LogP contribution >= 0.6 is 0 Å². The van der Waals surface area contributed by atoms with E-state index < -0.39 is 5.91 Å². The van der Waals surface area contributed by atoms with E-state index >= 15 is 0 Å². The summed E-state index contributed by atoms with van der Waals surface area (Å²) < 4.78 is 7.03. The summed E-state index contributed by atoms with van der Waals surface area (Å²) in [6.45, 7) is 2.03. The minimum atomic E-state index is -0.459. The maximum Gasteiger partial charge on any atom is 0.257 e. The summed E-state index contributed by atoms with van der Waals surface area (Å²) in [5.74, 6) is 0.0160. The van der Waals surface area contributed by atoms with E-state index in [2.05, 4.69) is 15.5 Å². The third-order valence-electron chi connectivity index (χ3n) is 4.50. The Morgan fingerprint density at radius 3 is 2.82 bits per heavy atom. The van der Waals surface area contributed by atoms with Crippen LogP contribution in [0.3, 0.4) is 0 Å². The van der Waals surface area contributed by atoms with E-state index in [9.17, 15) is 9.59 Å². The number of nitrogens with zero attached hydrogens (tertiary/aromatic N) is 3. The van der Waals surface area contributed by atoms with Crippen LogP contribution in [0.1, 0.15) is 21.7 Å². The molecule has 140 valence electrons. The molecule has 0 bridgehead atoms. The molecule has 7 nitrogen and oxygen atoms in total. The molecule has 0 atom stereocenters. The number of fused-ring (bicyclic) bond motifs is 1. The molecular weight excluding hydrogens is 356 g/mol. The van der Waals surface area contributed by atoms with Gasteiger partial charge in [0.15, 0.2) is 5.76 Å². The van der Waals surface area contributed by atoms with E-state index in [-0.39, 0.29) is 17.5 Å². The van der Waals surface area contributed by atoms with Crippen LogP contribution in [-0.4, -0.2) is 20.6 Å². The predicted molar refractivity (Wildman–Crippen MR) is 105 cm³/mol. The first-order chi connectivity index (χ1) is 13.5. The molecule has 4 aromatic rings. The standard InChI is InChI=1S/C21H18N4O3/c1-13-6-7-19-15(9-13)20(26)16(12-25(19)2)21(27)23-11-14-10-18(24-28-14)17-5-3-4-8-22-17/h3-10,12H,11H2,1-2H3,(H,23,27). The smallest absolute Gasteiger partial charge is 0.257 e. The number of pyridine rings is 2. The van der Waals surface area contributed by atoms with Crippen molar-refractivity contribution in [1.82, 2.24) is 20.0 Å². The van der Waals surface area contributed by atoms with Crippen LogP contribution < -0.4 is 10.7 Å². The first kappa shape index (κ1) is 17.7. The van der Waals surface area contributed by atoms with Crippen molar-refractivity contribution in [2.45, 2.75) is 13.5 Å². The van der Waals surface area contributed by atoms with Gasteiger partial charge >= 0.3 is 0 Å². The zero-order valence-corrected chi connectivity index (χ0v) is 15.5. The topological polar surface area (TPSA) is 90.0 Å². The third-order valence-corrected chi connectivity index (χ3v) is 4.50. The number of amides is 1. The van der Waals surface area contributed by atoms with Crippen molar-refractivity contribution < 1.29 is 9.32 Å². The number of carbonyl (C=O) groups is 1. The lowest BCUT2D eigenvalue weighted by molar-refractivity contribution is 0.0945. The molecule has 1 N–H and O–H groups in total. The SMILES string of the molecule is Cc1ccc2c(c1)c(=O)c(C(=O)NCc1cc(-c3ccccn3)no1)cn2C. The van der Waals surface area contributed by atoms with Gasteiger partial charge in [0.05, 0.1) is 17.8 Å². The van der Waals surface area contributed by atoms with E-state index in [0.29, 0.717) is 22.5 Å². The summed E-state index contributed by atoms with van der Waals surface area (Å²) in [4.78, 5) is 29.6. The number of hydrogen-bond acceptors (Lipinski definition) is 5. The lowest BCUT2D eigenvalue weighted by Crippen LogP contribution is -2.29. The van der Waals surface area contributed by atoms with Crippen molar-refractivity contribution >= 4 is 16.8 Å². The Bertz CT molecular complexity index is 1230. The van der Waals surface area contributed by atoms with Crippen molar-refractivity contribution in [3.8, 4) is 11.4 Å². The van der Waals surface area contributed by atoms with E-state index in [1.165, 1.54) is 0 Å². The summed E-state index contributed by atoms with van der Waals surface area (Å²) in [6, 6.07) is 12.8. The quantitative estimate of drug-likeness (QED) is 0.593. The molecule has 0 saturated carbocycles. The molecule has 0 unspecified atom stereocenters. The number of rotatable bonds is 4. The Morgan fingerprint density at radius 1 is 1.18 bits per heavy atom. The van der Waals surface area contributed by atoms with Gasteiger partial charge in [0, 0.05) is 30.9 Å². The van der Waals surface area contributed by atoms with Gasteiger partial charge in [0.2, 0.25) is 5.43 Å². The minimum absolute atomic E-state index is 0.0880. The zero-order chi connectivity index (χ0) is 19.7. The summed E-state index contributed by atoms with van der Waals surface area (Å²) in [5.41, 5.74) is 2.81. The lowest BCUT2D eigenvalue weighted by Gasteiger charge is -2.09. The number of aryl methyl sites for hydroxylation is 2. The molecule has 0 aliphatic carbocycles. The van der Waals surface area contributed by atoms with Crippen molar-refractivity contribution in [2.24, 2.45) is 7.05 Å². The van der Waals surface area contributed by atoms with Gasteiger partial charge in [0.25, 0.3) is 5.91 Å². The summed E-state index contributed by atoms with van der Waals surface area (Å²) in [6.07, 6.45) is 3.22. The van der Waals surface area contributed by atoms with Crippen LogP contribution in [0, 0.1) is 6.92 Å². The molecule has 0 aliphatic heterocycles. The first-order valence-electron chi connectivity index (χ1n) is 8.78. The van der Waals surface area contributed by atoms with Gasteiger partial charge in [-0.2, -0.15) is 0 Å². The predicted octanol–water partition coefficient (Wildman–Crippen LogP) is 2.83. The molecule has 28 heavy (non-hydrogen) atoms. The highest BCUT2D eigenvalue weighted by atomic mass is 16.5. The second-order valence-electron chi connectivity index (χ2n) is 6.58. The number of nitrogens with one attached hydrogen (secondary N) is 1. The van der Waals surface area contributed by atoms with Crippen LogP contribution in [0.2, 0.25) is 0 Å². The largest absolute Gasteiger partial charge is 0.359 e. The molecule has 0 radical (unpaired) electrons. The monoisotopic (exact) mass is 374 g/mol. The number of carbonyl (C=O) groups excluding carboxylic acids is 1. The molecule has 3 heterocycles. The maximum atomic E-state index is 12.8. The van der Waals surface area contributed by atoms with Gasteiger partial charge in [0.1, 0.15) is 11.3 Å². The fraction of sp³-hybridized carbons (Fsp3) is 0.143. The van der Waals surface area contributed by atoms with Crippen molar-refractivity contribution in [1.29, 1.82) is 0 Å². The second-order valence-corrected chi connectivity index (χ2v) is 6.58. The second kappa shape index (κ2) is 7.11. The summed E-state index contributed by atoms with van der Waals surface area (Å²) in [7, 11) is 1.81. The average Bonchev–Trinajstić information content (AvgIpc) is 3.18. The van der Waals surface area contributed by atoms with Crippen molar-refractivity contribution in [2.75, 3.05) is 0 Å². The van der Waals surface area contributed by atoms with Gasteiger partial charge < -0.3 is 14.4 Å². The van der Waals surface area contributed by atoms with Crippen LogP contribution in [0.5, 0.6) is 0 Å². The first-order valence-corrected chi connectivity index (χ1v) is 8.78. The normalized spacial score (nSPS) is 10.9. The van der Waals surface area contributed by atoms with Crippen LogP contribution in [-0.2, 0) is 13.6 Å². The lowest BCUT2D eigenvalue weighted by atomic mass is 10.1. The fourth-order valence-electron chi connectivity index (χ4n) is 3.06. The van der Waals surface area contributed by atoms with E-state index in [1.54, 1.807) is 29.1 Å². The number of hydrogen-bond donors (Lipinski definition) is 1. The molecule has 1 aromatic carbocycles. The van der Waals surface area contributed by atoms with E-state index in [1.807, 2.05) is 44.3 Å². The number of aromatic nitrogens is 3. The molecule has 3 aromatic heterocycles.